The molecule has 0 amide bonds. The van der Waals surface area contributed by atoms with Gasteiger partial charge >= 0.3 is 0 Å². The number of hydrogen-bond acceptors (Lipinski definition) is 5. The van der Waals surface area contributed by atoms with Gasteiger partial charge in [-0.2, -0.15) is 4.37 Å². The minimum atomic E-state index is 0.508. The molecule has 10 heavy (non-hydrogen) atoms. The first-order valence-corrected chi connectivity index (χ1v) is 3.93. The van der Waals surface area contributed by atoms with Gasteiger partial charge in [0.05, 0.1) is 0 Å². The van der Waals surface area contributed by atoms with Crippen molar-refractivity contribution < 1.29 is 0 Å². The third-order valence-corrected chi connectivity index (χ3v) is 2.16. The number of nitrogens with zero attached hydrogens (tertiary/aromatic N) is 2. The monoisotopic (exact) mass is 156 g/mol. The number of aromatic nitrogens is 2. The summed E-state index contributed by atoms with van der Waals surface area (Å²) in [5.74, 6) is 1.41. The lowest BCUT2D eigenvalue weighted by molar-refractivity contribution is 0.434. The summed E-state index contributed by atoms with van der Waals surface area (Å²) in [4.78, 5) is 4.08. The van der Waals surface area contributed by atoms with Crippen LogP contribution >= 0.6 is 11.5 Å². The van der Waals surface area contributed by atoms with Crippen LogP contribution in [0, 0.1) is 0 Å². The zero-order chi connectivity index (χ0) is 6.97. The Kier molecular flexibility index (Phi) is 1.32. The van der Waals surface area contributed by atoms with Crippen LogP contribution in [0.2, 0.25) is 0 Å². The molecule has 0 aromatic carbocycles. The van der Waals surface area contributed by atoms with E-state index >= 15 is 0 Å². The molecule has 0 atom stereocenters. The van der Waals surface area contributed by atoms with Gasteiger partial charge in [0.15, 0.2) is 5.13 Å². The maximum Gasteiger partial charge on any atom is 0.199 e. The number of nitrogens with two attached hydrogens (primary N) is 1. The molecular formula is C5H8N4S. The summed E-state index contributed by atoms with van der Waals surface area (Å²) in [6.07, 6.45) is 0. The molecule has 1 aromatic rings. The number of hydrogen-bond donors (Lipinski definition) is 2. The summed E-state index contributed by atoms with van der Waals surface area (Å²) in [6, 6.07) is 0. The van der Waals surface area contributed by atoms with Gasteiger partial charge in [0, 0.05) is 30.5 Å². The third kappa shape index (κ3) is 0.871. The van der Waals surface area contributed by atoms with Crippen LogP contribution in [0.25, 0.3) is 0 Å². The predicted octanol–water partition coefficient (Wildman–Crippen LogP) is -0.193. The molecular weight excluding hydrogens is 148 g/mol. The van der Waals surface area contributed by atoms with Gasteiger partial charge in [-0.25, -0.2) is 4.98 Å². The standard InChI is InChI=1S/C5H8N4S/c6-5-8-4(9-10-5)3-1-7-2-3/h3,7H,1-2H2,(H2,6,8,9). The highest BCUT2D eigenvalue weighted by Gasteiger charge is 2.22. The first kappa shape index (κ1) is 6.06. The van der Waals surface area contributed by atoms with Gasteiger partial charge in [0.1, 0.15) is 5.82 Å². The van der Waals surface area contributed by atoms with E-state index in [1.165, 1.54) is 11.5 Å². The Morgan fingerprint density at radius 1 is 1.60 bits per heavy atom. The molecule has 4 nitrogen and oxygen atoms in total. The highest BCUT2D eigenvalue weighted by molar-refractivity contribution is 7.09. The number of rotatable bonds is 1. The lowest BCUT2D eigenvalue weighted by Gasteiger charge is -2.23. The summed E-state index contributed by atoms with van der Waals surface area (Å²) in [5.41, 5.74) is 5.42. The summed E-state index contributed by atoms with van der Waals surface area (Å²) in [7, 11) is 0. The van der Waals surface area contributed by atoms with E-state index in [4.69, 9.17) is 5.73 Å². The summed E-state index contributed by atoms with van der Waals surface area (Å²) in [6.45, 7) is 1.99. The highest BCUT2D eigenvalue weighted by Crippen LogP contribution is 2.18. The summed E-state index contributed by atoms with van der Waals surface area (Å²) >= 11 is 1.27. The number of nitrogen functional groups attached to an aromatic ring is 1. The Bertz CT molecular complexity index is 229. The smallest absolute Gasteiger partial charge is 0.199 e. The fourth-order valence-electron chi connectivity index (χ4n) is 0.884. The Balaban J connectivity index is 2.17. The molecule has 1 aromatic heterocycles. The van der Waals surface area contributed by atoms with Crippen molar-refractivity contribution in [3.63, 3.8) is 0 Å². The molecule has 1 saturated heterocycles. The zero-order valence-electron chi connectivity index (χ0n) is 5.37. The van der Waals surface area contributed by atoms with Crippen molar-refractivity contribution in [2.75, 3.05) is 18.8 Å². The second-order valence-corrected chi connectivity index (χ2v) is 3.13. The molecule has 1 aliphatic rings. The van der Waals surface area contributed by atoms with Crippen molar-refractivity contribution in [3.05, 3.63) is 5.82 Å². The second-order valence-electron chi connectivity index (χ2n) is 2.35. The average molecular weight is 156 g/mol. The molecule has 0 aliphatic carbocycles. The minimum Gasteiger partial charge on any atom is -0.374 e. The van der Waals surface area contributed by atoms with Gasteiger partial charge in [-0.3, -0.25) is 0 Å². The fraction of sp³-hybridized carbons (Fsp3) is 0.600. The molecule has 2 heterocycles. The van der Waals surface area contributed by atoms with Crippen LogP contribution in [0.15, 0.2) is 0 Å². The molecule has 0 bridgehead atoms. The van der Waals surface area contributed by atoms with Gasteiger partial charge in [0.2, 0.25) is 0 Å². The van der Waals surface area contributed by atoms with Crippen LogP contribution in [-0.4, -0.2) is 22.4 Å². The van der Waals surface area contributed by atoms with Crippen molar-refractivity contribution in [3.8, 4) is 0 Å². The van der Waals surface area contributed by atoms with Gasteiger partial charge in [-0.1, -0.05) is 0 Å². The maximum absolute atomic E-state index is 5.42. The van der Waals surface area contributed by atoms with Crippen molar-refractivity contribution in [2.24, 2.45) is 0 Å². The molecule has 0 radical (unpaired) electrons. The van der Waals surface area contributed by atoms with Crippen molar-refractivity contribution in [1.29, 1.82) is 0 Å². The van der Waals surface area contributed by atoms with E-state index in [0.29, 0.717) is 11.0 Å². The van der Waals surface area contributed by atoms with Gasteiger partial charge in [-0.05, 0) is 0 Å². The largest absolute Gasteiger partial charge is 0.374 e. The van der Waals surface area contributed by atoms with Crippen molar-refractivity contribution in [2.45, 2.75) is 5.92 Å². The van der Waals surface area contributed by atoms with E-state index < -0.39 is 0 Å². The third-order valence-electron chi connectivity index (χ3n) is 1.60. The quantitative estimate of drug-likeness (QED) is 0.591. The Labute approximate surface area is 62.6 Å². The second kappa shape index (κ2) is 2.17. The van der Waals surface area contributed by atoms with Crippen molar-refractivity contribution >= 4 is 16.7 Å². The van der Waals surface area contributed by atoms with E-state index in [1.54, 1.807) is 0 Å². The minimum absolute atomic E-state index is 0.508. The summed E-state index contributed by atoms with van der Waals surface area (Å²) in [5, 5.41) is 3.72. The molecule has 2 rings (SSSR count). The SMILES string of the molecule is Nc1nc(C2CNC2)ns1. The molecule has 3 N–H and O–H groups in total. The van der Waals surface area contributed by atoms with Crippen LogP contribution in [0.4, 0.5) is 5.13 Å². The predicted molar refractivity (Wildman–Crippen MR) is 39.9 cm³/mol. The zero-order valence-corrected chi connectivity index (χ0v) is 6.19. The van der Waals surface area contributed by atoms with Gasteiger partial charge in [0.25, 0.3) is 0 Å². The molecule has 0 unspecified atom stereocenters. The Morgan fingerprint density at radius 3 is 2.80 bits per heavy atom. The summed E-state index contributed by atoms with van der Waals surface area (Å²) < 4.78 is 4.10. The van der Waals surface area contributed by atoms with Crippen LogP contribution in [0.3, 0.4) is 0 Å². The first-order valence-electron chi connectivity index (χ1n) is 3.16. The van der Waals surface area contributed by atoms with Gasteiger partial charge < -0.3 is 11.1 Å². The van der Waals surface area contributed by atoms with E-state index in [-0.39, 0.29) is 0 Å². The topological polar surface area (TPSA) is 63.8 Å². The lowest BCUT2D eigenvalue weighted by atomic mass is 10.0. The molecule has 1 aliphatic heterocycles. The number of nitrogens with one attached hydrogen (secondary N) is 1. The Morgan fingerprint density at radius 2 is 2.40 bits per heavy atom. The van der Waals surface area contributed by atoms with Gasteiger partial charge in [-0.15, -0.1) is 0 Å². The fourth-order valence-corrected chi connectivity index (χ4v) is 1.40. The average Bonchev–Trinajstić information content (AvgIpc) is 2.10. The molecule has 54 valence electrons. The molecule has 5 heteroatoms. The molecule has 0 saturated carbocycles. The Hall–Kier alpha value is -0.680. The van der Waals surface area contributed by atoms with Crippen molar-refractivity contribution in [1.82, 2.24) is 14.7 Å². The number of anilines is 1. The van der Waals surface area contributed by atoms with Crippen LogP contribution in [0.5, 0.6) is 0 Å². The molecule has 0 spiro atoms. The first-order chi connectivity index (χ1) is 4.86. The lowest BCUT2D eigenvalue weighted by Crippen LogP contribution is -2.40. The van der Waals surface area contributed by atoms with E-state index in [1.807, 2.05) is 0 Å². The van der Waals surface area contributed by atoms with E-state index in [2.05, 4.69) is 14.7 Å². The van der Waals surface area contributed by atoms with E-state index in [0.717, 1.165) is 18.9 Å². The normalized spacial score (nSPS) is 18.8. The van der Waals surface area contributed by atoms with Crippen LogP contribution in [0.1, 0.15) is 11.7 Å². The maximum atomic E-state index is 5.42. The highest BCUT2D eigenvalue weighted by atomic mass is 32.1. The van der Waals surface area contributed by atoms with Crippen LogP contribution < -0.4 is 11.1 Å². The molecule has 1 fully saturated rings. The van der Waals surface area contributed by atoms with Crippen LogP contribution in [-0.2, 0) is 0 Å². The van der Waals surface area contributed by atoms with E-state index in [9.17, 15) is 0 Å².